The molecule has 0 atom stereocenters. The van der Waals surface area contributed by atoms with Gasteiger partial charge in [0.2, 0.25) is 0 Å². The summed E-state index contributed by atoms with van der Waals surface area (Å²) in [5.41, 5.74) is 3.87. The Morgan fingerprint density at radius 3 is 2.76 bits per heavy atom. The van der Waals surface area contributed by atoms with Crippen LogP contribution in [0.15, 0.2) is 18.6 Å². The molecule has 5 nitrogen and oxygen atoms in total. The van der Waals surface area contributed by atoms with E-state index in [4.69, 9.17) is 5.10 Å². The largest absolute Gasteiger partial charge is 0.314 e. The minimum Gasteiger partial charge on any atom is -0.314 e. The second-order valence-corrected chi connectivity index (χ2v) is 5.54. The molecule has 2 aromatic heterocycles. The first-order chi connectivity index (χ1) is 10.3. The van der Waals surface area contributed by atoms with Gasteiger partial charge in [0.25, 0.3) is 0 Å². The first kappa shape index (κ1) is 14.2. The maximum absolute atomic E-state index is 4.78. The van der Waals surface area contributed by atoms with Crippen molar-refractivity contribution in [1.82, 2.24) is 25.1 Å². The molecule has 0 aromatic carbocycles. The second-order valence-electron chi connectivity index (χ2n) is 5.54. The Bertz CT molecular complexity index is 586. The van der Waals surface area contributed by atoms with Crippen LogP contribution in [0.2, 0.25) is 0 Å². The van der Waals surface area contributed by atoms with Crippen molar-refractivity contribution in [2.45, 2.75) is 52.0 Å². The molecular weight excluding hydrogens is 262 g/mol. The van der Waals surface area contributed by atoms with Gasteiger partial charge in [-0.05, 0) is 44.2 Å². The molecule has 112 valence electrons. The first-order valence-corrected chi connectivity index (χ1v) is 7.92. The fourth-order valence-corrected chi connectivity index (χ4v) is 2.76. The van der Waals surface area contributed by atoms with Crippen LogP contribution < -0.4 is 5.32 Å². The van der Waals surface area contributed by atoms with E-state index in [1.807, 2.05) is 10.7 Å². The van der Waals surface area contributed by atoms with Gasteiger partial charge in [-0.25, -0.2) is 14.6 Å². The van der Waals surface area contributed by atoms with Crippen molar-refractivity contribution in [2.24, 2.45) is 0 Å². The molecule has 0 aliphatic heterocycles. The highest BCUT2D eigenvalue weighted by atomic mass is 15.3. The van der Waals surface area contributed by atoms with Crippen molar-refractivity contribution >= 4 is 0 Å². The van der Waals surface area contributed by atoms with Gasteiger partial charge in [-0.2, -0.15) is 5.10 Å². The lowest BCUT2D eigenvalue weighted by Crippen LogP contribution is -2.20. The van der Waals surface area contributed by atoms with Crippen molar-refractivity contribution in [1.29, 1.82) is 0 Å². The van der Waals surface area contributed by atoms with E-state index in [0.717, 1.165) is 37.7 Å². The number of aromatic nitrogens is 4. The molecule has 21 heavy (non-hydrogen) atoms. The van der Waals surface area contributed by atoms with Gasteiger partial charge in [-0.15, -0.1) is 0 Å². The van der Waals surface area contributed by atoms with E-state index in [1.54, 1.807) is 12.5 Å². The van der Waals surface area contributed by atoms with Gasteiger partial charge in [-0.3, -0.25) is 0 Å². The van der Waals surface area contributed by atoms with E-state index in [2.05, 4.69) is 29.1 Å². The minimum atomic E-state index is 0.761. The van der Waals surface area contributed by atoms with Gasteiger partial charge < -0.3 is 5.32 Å². The lowest BCUT2D eigenvalue weighted by atomic mass is 10.1. The van der Waals surface area contributed by atoms with Gasteiger partial charge in [0.1, 0.15) is 6.33 Å². The van der Waals surface area contributed by atoms with E-state index in [1.165, 1.54) is 29.8 Å². The van der Waals surface area contributed by atoms with Gasteiger partial charge in [0.15, 0.2) is 5.82 Å². The molecule has 1 aliphatic carbocycles. The van der Waals surface area contributed by atoms with Crippen LogP contribution in [0.4, 0.5) is 0 Å². The fraction of sp³-hybridized carbons (Fsp3) is 0.562. The molecule has 3 rings (SSSR count). The second kappa shape index (κ2) is 6.35. The van der Waals surface area contributed by atoms with E-state index in [0.29, 0.717) is 0 Å². The minimum absolute atomic E-state index is 0.761. The predicted octanol–water partition coefficient (Wildman–Crippen LogP) is 2.08. The number of nitrogens with zero attached hydrogens (tertiary/aromatic N) is 4. The Balaban J connectivity index is 1.87. The van der Waals surface area contributed by atoms with Gasteiger partial charge >= 0.3 is 0 Å². The van der Waals surface area contributed by atoms with Crippen LogP contribution in [-0.4, -0.2) is 32.3 Å². The van der Waals surface area contributed by atoms with Gasteiger partial charge in [0.05, 0.1) is 5.69 Å². The molecule has 1 aliphatic rings. The zero-order valence-corrected chi connectivity index (χ0v) is 12.8. The van der Waals surface area contributed by atoms with Crippen LogP contribution in [-0.2, 0) is 19.3 Å². The monoisotopic (exact) mass is 285 g/mol. The molecular formula is C16H23N5. The highest BCUT2D eigenvalue weighted by Gasteiger charge is 2.21. The summed E-state index contributed by atoms with van der Waals surface area (Å²) in [7, 11) is 0. The Morgan fingerprint density at radius 2 is 2.14 bits per heavy atom. The third kappa shape index (κ3) is 3.13. The number of hydrogen-bond acceptors (Lipinski definition) is 4. The van der Waals surface area contributed by atoms with Crippen LogP contribution in [0.25, 0.3) is 5.82 Å². The Labute approximate surface area is 125 Å². The summed E-state index contributed by atoms with van der Waals surface area (Å²) in [6, 6.07) is 2.68. The lowest BCUT2D eigenvalue weighted by molar-refractivity contribution is 0.676. The molecule has 0 spiro atoms. The predicted molar refractivity (Wildman–Crippen MR) is 82.6 cm³/mol. The molecule has 2 aromatic rings. The zero-order valence-electron chi connectivity index (χ0n) is 12.8. The van der Waals surface area contributed by atoms with Crippen molar-refractivity contribution < 1.29 is 0 Å². The molecule has 5 heteroatoms. The fourth-order valence-electron chi connectivity index (χ4n) is 2.76. The molecule has 1 N–H and O–H groups in total. The van der Waals surface area contributed by atoms with E-state index in [-0.39, 0.29) is 0 Å². The number of nitrogens with one attached hydrogen (secondary N) is 1. The standard InChI is InChI=1S/C16H23N5/c1-3-14-13(7-10-18-12-5-6-12)15(4-2)21(20-14)16-8-9-17-11-19-16/h8-9,11-12,18H,3-7,10H2,1-2H3. The molecule has 0 saturated heterocycles. The quantitative estimate of drug-likeness (QED) is 0.846. The summed E-state index contributed by atoms with van der Waals surface area (Å²) in [5, 5.41) is 8.38. The zero-order chi connectivity index (χ0) is 14.7. The Morgan fingerprint density at radius 1 is 1.29 bits per heavy atom. The van der Waals surface area contributed by atoms with Crippen LogP contribution >= 0.6 is 0 Å². The molecule has 0 amide bonds. The van der Waals surface area contributed by atoms with E-state index < -0.39 is 0 Å². The Hall–Kier alpha value is -1.75. The van der Waals surface area contributed by atoms with Crippen molar-refractivity contribution in [3.05, 3.63) is 35.5 Å². The lowest BCUT2D eigenvalue weighted by Gasteiger charge is -2.07. The Kier molecular flexibility index (Phi) is 4.29. The van der Waals surface area contributed by atoms with Crippen LogP contribution in [0, 0.1) is 0 Å². The van der Waals surface area contributed by atoms with Gasteiger partial charge in [-0.1, -0.05) is 13.8 Å². The van der Waals surface area contributed by atoms with Crippen LogP contribution in [0.3, 0.4) is 0 Å². The normalized spacial score (nSPS) is 14.6. The summed E-state index contributed by atoms with van der Waals surface area (Å²) in [4.78, 5) is 8.33. The number of hydrogen-bond donors (Lipinski definition) is 1. The molecule has 2 heterocycles. The first-order valence-electron chi connectivity index (χ1n) is 7.92. The highest BCUT2D eigenvalue weighted by Crippen LogP contribution is 2.21. The summed E-state index contributed by atoms with van der Waals surface area (Å²) in [6.45, 7) is 5.40. The summed E-state index contributed by atoms with van der Waals surface area (Å²) >= 11 is 0. The molecule has 0 radical (unpaired) electrons. The third-order valence-electron chi connectivity index (χ3n) is 4.01. The molecule has 0 unspecified atom stereocenters. The maximum atomic E-state index is 4.78. The summed E-state index contributed by atoms with van der Waals surface area (Å²) in [6.07, 6.45) is 9.00. The number of aryl methyl sites for hydroxylation is 1. The summed E-state index contributed by atoms with van der Waals surface area (Å²) < 4.78 is 1.99. The smallest absolute Gasteiger partial charge is 0.156 e. The van der Waals surface area contributed by atoms with Crippen LogP contribution in [0.5, 0.6) is 0 Å². The van der Waals surface area contributed by atoms with E-state index in [9.17, 15) is 0 Å². The summed E-state index contributed by atoms with van der Waals surface area (Å²) in [5.74, 6) is 0.859. The average molecular weight is 285 g/mol. The molecule has 1 saturated carbocycles. The van der Waals surface area contributed by atoms with Gasteiger partial charge in [0, 0.05) is 24.0 Å². The van der Waals surface area contributed by atoms with Crippen molar-refractivity contribution in [2.75, 3.05) is 6.54 Å². The topological polar surface area (TPSA) is 55.6 Å². The van der Waals surface area contributed by atoms with Crippen molar-refractivity contribution in [3.8, 4) is 5.82 Å². The SMILES string of the molecule is CCc1nn(-c2ccncn2)c(CC)c1CCNC1CC1. The average Bonchev–Trinajstić information content (AvgIpc) is 3.28. The van der Waals surface area contributed by atoms with Crippen molar-refractivity contribution in [3.63, 3.8) is 0 Å². The third-order valence-corrected chi connectivity index (χ3v) is 4.01. The molecule has 0 bridgehead atoms. The highest BCUT2D eigenvalue weighted by molar-refractivity contribution is 5.33. The maximum Gasteiger partial charge on any atom is 0.156 e. The molecule has 1 fully saturated rings. The number of rotatable bonds is 7. The van der Waals surface area contributed by atoms with Crippen LogP contribution in [0.1, 0.15) is 43.6 Å². The van der Waals surface area contributed by atoms with E-state index >= 15 is 0 Å².